The Morgan fingerprint density at radius 2 is 1.71 bits per heavy atom. The zero-order valence-corrected chi connectivity index (χ0v) is 14.1. The number of nitrogens with one attached hydrogen (secondary N) is 1. The summed E-state index contributed by atoms with van der Waals surface area (Å²) in [5.41, 5.74) is 5.76. The van der Waals surface area contributed by atoms with Crippen LogP contribution < -0.4 is 5.48 Å². The minimum absolute atomic E-state index is 0.154. The number of rotatable bonds is 7. The second-order valence-electron chi connectivity index (χ2n) is 5.25. The van der Waals surface area contributed by atoms with Gasteiger partial charge in [0.1, 0.15) is 0 Å². The van der Waals surface area contributed by atoms with Gasteiger partial charge in [0.2, 0.25) is 0 Å². The Kier molecular flexibility index (Phi) is 6.43. The minimum Gasteiger partial charge on any atom is -0.298 e. The molecule has 0 heterocycles. The van der Waals surface area contributed by atoms with E-state index < -0.39 is 0 Å². The van der Waals surface area contributed by atoms with Gasteiger partial charge in [-0.15, -0.1) is 0 Å². The molecule has 21 heavy (non-hydrogen) atoms. The molecule has 0 bridgehead atoms. The Balaban J connectivity index is 2.09. The van der Waals surface area contributed by atoms with E-state index in [0.717, 1.165) is 17.3 Å². The lowest BCUT2D eigenvalue weighted by Gasteiger charge is -2.21. The molecule has 2 aromatic rings. The van der Waals surface area contributed by atoms with Gasteiger partial charge in [-0.05, 0) is 43.0 Å². The molecule has 3 heteroatoms. The van der Waals surface area contributed by atoms with Crippen LogP contribution in [0.1, 0.15) is 37.4 Å². The first-order valence-electron chi connectivity index (χ1n) is 7.39. The van der Waals surface area contributed by atoms with Gasteiger partial charge >= 0.3 is 0 Å². The molecule has 2 aromatic carbocycles. The molecule has 2 rings (SSSR count). The van der Waals surface area contributed by atoms with Crippen molar-refractivity contribution in [1.29, 1.82) is 0 Å². The Morgan fingerprint density at radius 3 is 2.33 bits per heavy atom. The summed E-state index contributed by atoms with van der Waals surface area (Å²) in [4.78, 5) is 5.74. The van der Waals surface area contributed by atoms with Crippen molar-refractivity contribution in [2.24, 2.45) is 0 Å². The van der Waals surface area contributed by atoms with Gasteiger partial charge in [0, 0.05) is 4.47 Å². The Bertz CT molecular complexity index is 527. The summed E-state index contributed by atoms with van der Waals surface area (Å²) in [6.07, 6.45) is 2.10. The van der Waals surface area contributed by atoms with Crippen molar-refractivity contribution in [2.75, 3.05) is 0 Å². The fraction of sp³-hybridized carbons (Fsp3) is 0.333. The summed E-state index contributed by atoms with van der Waals surface area (Å²) in [6.45, 7) is 4.20. The number of halogens is 1. The summed E-state index contributed by atoms with van der Waals surface area (Å²) < 4.78 is 1.10. The molecular weight excluding hydrogens is 326 g/mol. The SMILES string of the molecule is CCC(C)ONC(Cc1ccc(Br)cc1)c1ccccc1. The number of hydrogen-bond acceptors (Lipinski definition) is 2. The van der Waals surface area contributed by atoms with Crippen LogP contribution in [0.3, 0.4) is 0 Å². The Labute approximate surface area is 135 Å². The zero-order chi connectivity index (χ0) is 15.1. The van der Waals surface area contributed by atoms with Crippen LogP contribution in [-0.4, -0.2) is 6.10 Å². The second kappa shape index (κ2) is 8.32. The van der Waals surface area contributed by atoms with E-state index in [2.05, 4.69) is 83.8 Å². The normalized spacial score (nSPS) is 13.9. The molecule has 0 aliphatic rings. The van der Waals surface area contributed by atoms with Crippen LogP contribution in [0.15, 0.2) is 59.1 Å². The molecular formula is C18H22BrNO. The van der Waals surface area contributed by atoms with Gasteiger partial charge in [-0.1, -0.05) is 65.3 Å². The van der Waals surface area contributed by atoms with E-state index >= 15 is 0 Å². The van der Waals surface area contributed by atoms with Crippen molar-refractivity contribution in [1.82, 2.24) is 5.48 Å². The molecule has 0 radical (unpaired) electrons. The Hall–Kier alpha value is -1.16. The average Bonchev–Trinajstić information content (AvgIpc) is 2.53. The Morgan fingerprint density at radius 1 is 1.05 bits per heavy atom. The number of hydrogen-bond donors (Lipinski definition) is 1. The third-order valence-electron chi connectivity index (χ3n) is 3.54. The fourth-order valence-electron chi connectivity index (χ4n) is 2.05. The van der Waals surface area contributed by atoms with E-state index in [1.54, 1.807) is 0 Å². The summed E-state index contributed by atoms with van der Waals surface area (Å²) in [5, 5.41) is 0. The van der Waals surface area contributed by atoms with Crippen molar-refractivity contribution >= 4 is 15.9 Å². The highest BCUT2D eigenvalue weighted by molar-refractivity contribution is 9.10. The molecule has 0 spiro atoms. The maximum Gasteiger partial charge on any atom is 0.0759 e. The van der Waals surface area contributed by atoms with Crippen LogP contribution in [0.5, 0.6) is 0 Å². The molecule has 2 unspecified atom stereocenters. The highest BCUT2D eigenvalue weighted by Crippen LogP contribution is 2.20. The average molecular weight is 348 g/mol. The van der Waals surface area contributed by atoms with Crippen molar-refractivity contribution < 1.29 is 4.84 Å². The van der Waals surface area contributed by atoms with Crippen LogP contribution in [0.4, 0.5) is 0 Å². The standard InChI is InChI=1S/C18H22BrNO/c1-3-14(2)21-20-18(16-7-5-4-6-8-16)13-15-9-11-17(19)12-10-15/h4-12,14,18,20H,3,13H2,1-2H3. The van der Waals surface area contributed by atoms with E-state index in [9.17, 15) is 0 Å². The molecule has 1 N–H and O–H groups in total. The van der Waals surface area contributed by atoms with Crippen molar-refractivity contribution in [3.63, 3.8) is 0 Å². The van der Waals surface area contributed by atoms with E-state index in [0.29, 0.717) is 0 Å². The summed E-state index contributed by atoms with van der Waals surface area (Å²) in [6, 6.07) is 19.0. The highest BCUT2D eigenvalue weighted by Gasteiger charge is 2.13. The van der Waals surface area contributed by atoms with Crippen molar-refractivity contribution in [2.45, 2.75) is 38.8 Å². The van der Waals surface area contributed by atoms with E-state index in [4.69, 9.17) is 4.84 Å². The first kappa shape index (κ1) is 16.2. The lowest BCUT2D eigenvalue weighted by Crippen LogP contribution is -2.27. The maximum absolute atomic E-state index is 5.74. The smallest absolute Gasteiger partial charge is 0.0759 e. The topological polar surface area (TPSA) is 21.3 Å². The molecule has 0 aliphatic carbocycles. The van der Waals surface area contributed by atoms with Crippen molar-refractivity contribution in [3.8, 4) is 0 Å². The quantitative estimate of drug-likeness (QED) is 0.707. The molecule has 0 saturated heterocycles. The molecule has 2 nitrogen and oxygen atoms in total. The minimum atomic E-state index is 0.154. The molecule has 0 fully saturated rings. The van der Waals surface area contributed by atoms with Gasteiger partial charge in [-0.3, -0.25) is 4.84 Å². The van der Waals surface area contributed by atoms with Gasteiger partial charge in [0.15, 0.2) is 0 Å². The molecule has 112 valence electrons. The largest absolute Gasteiger partial charge is 0.298 e. The summed E-state index contributed by atoms with van der Waals surface area (Å²) >= 11 is 3.48. The van der Waals surface area contributed by atoms with E-state index in [1.807, 2.05) is 6.07 Å². The molecule has 2 atom stereocenters. The van der Waals surface area contributed by atoms with Crippen LogP contribution in [0.2, 0.25) is 0 Å². The van der Waals surface area contributed by atoms with E-state index in [-0.39, 0.29) is 12.1 Å². The molecule has 0 aromatic heterocycles. The number of hydroxylamine groups is 1. The lowest BCUT2D eigenvalue weighted by molar-refractivity contribution is -0.0369. The van der Waals surface area contributed by atoms with Gasteiger partial charge in [-0.25, -0.2) is 0 Å². The van der Waals surface area contributed by atoms with Crippen molar-refractivity contribution in [3.05, 3.63) is 70.2 Å². The monoisotopic (exact) mass is 347 g/mol. The predicted molar refractivity (Wildman–Crippen MR) is 91.0 cm³/mol. The summed E-state index contributed by atoms with van der Waals surface area (Å²) in [7, 11) is 0. The second-order valence-corrected chi connectivity index (χ2v) is 6.16. The predicted octanol–water partition coefficient (Wildman–Crippen LogP) is 5.05. The van der Waals surface area contributed by atoms with Gasteiger partial charge in [-0.2, -0.15) is 5.48 Å². The molecule has 0 saturated carbocycles. The number of benzene rings is 2. The third kappa shape index (κ3) is 5.27. The van der Waals surface area contributed by atoms with Crippen LogP contribution in [0, 0.1) is 0 Å². The summed E-state index contributed by atoms with van der Waals surface area (Å²) in [5.74, 6) is 0. The third-order valence-corrected chi connectivity index (χ3v) is 4.07. The lowest BCUT2D eigenvalue weighted by atomic mass is 10.00. The zero-order valence-electron chi connectivity index (χ0n) is 12.6. The molecule has 0 amide bonds. The maximum atomic E-state index is 5.74. The van der Waals surface area contributed by atoms with Crippen LogP contribution in [-0.2, 0) is 11.3 Å². The highest BCUT2D eigenvalue weighted by atomic mass is 79.9. The van der Waals surface area contributed by atoms with Crippen LogP contribution in [0.25, 0.3) is 0 Å². The first-order valence-corrected chi connectivity index (χ1v) is 8.19. The van der Waals surface area contributed by atoms with Crippen LogP contribution >= 0.6 is 15.9 Å². The van der Waals surface area contributed by atoms with Gasteiger partial charge in [0.05, 0.1) is 12.1 Å². The fourth-order valence-corrected chi connectivity index (χ4v) is 2.32. The molecule has 0 aliphatic heterocycles. The first-order chi connectivity index (χ1) is 10.2. The van der Waals surface area contributed by atoms with Gasteiger partial charge in [0.25, 0.3) is 0 Å². The van der Waals surface area contributed by atoms with Gasteiger partial charge < -0.3 is 0 Å². The van der Waals surface area contributed by atoms with E-state index in [1.165, 1.54) is 11.1 Å².